The van der Waals surface area contributed by atoms with Crippen molar-refractivity contribution in [2.75, 3.05) is 7.05 Å². The normalized spacial score (nSPS) is 10.8. The Morgan fingerprint density at radius 1 is 1.00 bits per heavy atom. The molecule has 0 spiro atoms. The van der Waals surface area contributed by atoms with Gasteiger partial charge in [-0.1, -0.05) is 58.4 Å². The molecule has 1 amide bonds. The van der Waals surface area contributed by atoms with E-state index in [1.54, 1.807) is 11.1 Å². The van der Waals surface area contributed by atoms with Crippen LogP contribution in [0.3, 0.4) is 0 Å². The van der Waals surface area contributed by atoms with Crippen LogP contribution in [0.15, 0.2) is 83.5 Å². The molecule has 0 radical (unpaired) electrons. The SMILES string of the molecule is CN(Cc1ccc(Br)cc1)C(=O)c1cc(-c2ccccc2)nc2ncccc12. The van der Waals surface area contributed by atoms with Crippen LogP contribution in [0, 0.1) is 0 Å². The van der Waals surface area contributed by atoms with E-state index in [4.69, 9.17) is 0 Å². The van der Waals surface area contributed by atoms with Crippen LogP contribution in [0.1, 0.15) is 15.9 Å². The zero-order valence-corrected chi connectivity index (χ0v) is 16.9. The molecule has 0 atom stereocenters. The molecule has 2 heterocycles. The lowest BCUT2D eigenvalue weighted by Gasteiger charge is -2.19. The summed E-state index contributed by atoms with van der Waals surface area (Å²) in [6.45, 7) is 0.525. The number of hydrogen-bond donors (Lipinski definition) is 0. The second kappa shape index (κ2) is 7.90. The molecule has 0 aliphatic carbocycles. The van der Waals surface area contributed by atoms with E-state index in [-0.39, 0.29) is 5.91 Å². The molecule has 5 heteroatoms. The van der Waals surface area contributed by atoms with Crippen LogP contribution in [-0.4, -0.2) is 27.8 Å². The highest BCUT2D eigenvalue weighted by Gasteiger charge is 2.18. The number of carbonyl (C=O) groups is 1. The quantitative estimate of drug-likeness (QED) is 0.438. The van der Waals surface area contributed by atoms with Crippen LogP contribution < -0.4 is 0 Å². The molecule has 0 aliphatic rings. The first kappa shape index (κ1) is 18.3. The first-order valence-corrected chi connectivity index (χ1v) is 9.72. The number of halogens is 1. The summed E-state index contributed by atoms with van der Waals surface area (Å²) < 4.78 is 1.02. The van der Waals surface area contributed by atoms with Crippen LogP contribution in [0.4, 0.5) is 0 Å². The van der Waals surface area contributed by atoms with Crippen molar-refractivity contribution in [3.8, 4) is 11.3 Å². The molecule has 2 aromatic heterocycles. The van der Waals surface area contributed by atoms with Crippen LogP contribution >= 0.6 is 15.9 Å². The van der Waals surface area contributed by atoms with Gasteiger partial charge in [-0.05, 0) is 35.9 Å². The third-order valence-electron chi connectivity index (χ3n) is 4.56. The van der Waals surface area contributed by atoms with Gasteiger partial charge in [-0.2, -0.15) is 0 Å². The van der Waals surface area contributed by atoms with E-state index in [0.29, 0.717) is 17.8 Å². The molecule has 0 unspecified atom stereocenters. The number of benzene rings is 2. The van der Waals surface area contributed by atoms with Gasteiger partial charge in [0.25, 0.3) is 5.91 Å². The lowest BCUT2D eigenvalue weighted by atomic mass is 10.0. The third kappa shape index (κ3) is 3.80. The number of carbonyl (C=O) groups excluding carboxylic acids is 1. The highest BCUT2D eigenvalue weighted by Crippen LogP contribution is 2.25. The van der Waals surface area contributed by atoms with Crippen molar-refractivity contribution in [3.05, 3.63) is 94.6 Å². The Hall–Kier alpha value is -3.05. The molecule has 4 nitrogen and oxygen atoms in total. The Balaban J connectivity index is 1.73. The molecule has 0 aliphatic heterocycles. The Morgan fingerprint density at radius 2 is 1.75 bits per heavy atom. The van der Waals surface area contributed by atoms with Crippen molar-refractivity contribution in [1.29, 1.82) is 0 Å². The molecule has 0 saturated heterocycles. The number of pyridine rings is 2. The zero-order chi connectivity index (χ0) is 19.5. The van der Waals surface area contributed by atoms with Crippen LogP contribution in [-0.2, 0) is 6.54 Å². The molecule has 138 valence electrons. The van der Waals surface area contributed by atoms with Crippen LogP contribution in [0.5, 0.6) is 0 Å². The standard InChI is InChI=1S/C23H18BrN3O/c1-27(15-16-9-11-18(24)12-10-16)23(28)20-14-21(17-6-3-2-4-7-17)26-22-19(20)8-5-13-25-22/h2-14H,15H2,1H3. The summed E-state index contributed by atoms with van der Waals surface area (Å²) >= 11 is 3.44. The van der Waals surface area contributed by atoms with Gasteiger partial charge in [-0.3, -0.25) is 4.79 Å². The minimum Gasteiger partial charge on any atom is -0.337 e. The molecule has 0 saturated carbocycles. The van der Waals surface area contributed by atoms with Crippen molar-refractivity contribution < 1.29 is 4.79 Å². The van der Waals surface area contributed by atoms with E-state index in [2.05, 4.69) is 25.9 Å². The Kier molecular flexibility index (Phi) is 5.17. The van der Waals surface area contributed by atoms with Crippen LogP contribution in [0.25, 0.3) is 22.3 Å². The maximum atomic E-state index is 13.3. The number of fused-ring (bicyclic) bond motifs is 1. The average Bonchev–Trinajstić information content (AvgIpc) is 2.74. The summed E-state index contributed by atoms with van der Waals surface area (Å²) in [4.78, 5) is 24.0. The fourth-order valence-corrected chi connectivity index (χ4v) is 3.40. The topological polar surface area (TPSA) is 46.1 Å². The highest BCUT2D eigenvalue weighted by molar-refractivity contribution is 9.10. The Bertz CT molecular complexity index is 1130. The first-order chi connectivity index (χ1) is 13.6. The van der Waals surface area contributed by atoms with E-state index in [1.165, 1.54) is 0 Å². The maximum Gasteiger partial charge on any atom is 0.254 e. The molecule has 4 rings (SSSR count). The monoisotopic (exact) mass is 431 g/mol. The van der Waals surface area contributed by atoms with Gasteiger partial charge in [-0.15, -0.1) is 0 Å². The number of amides is 1. The van der Waals surface area contributed by atoms with Crippen molar-refractivity contribution in [2.24, 2.45) is 0 Å². The van der Waals surface area contributed by atoms with E-state index < -0.39 is 0 Å². The second-order valence-corrected chi connectivity index (χ2v) is 7.50. The number of rotatable bonds is 4. The smallest absolute Gasteiger partial charge is 0.254 e. The zero-order valence-electron chi connectivity index (χ0n) is 15.3. The van der Waals surface area contributed by atoms with Crippen molar-refractivity contribution in [3.63, 3.8) is 0 Å². The molecule has 0 fully saturated rings. The van der Waals surface area contributed by atoms with Gasteiger partial charge >= 0.3 is 0 Å². The van der Waals surface area contributed by atoms with Gasteiger partial charge in [0.05, 0.1) is 11.3 Å². The summed E-state index contributed by atoms with van der Waals surface area (Å²) in [5, 5.41) is 0.759. The molecule has 4 aromatic rings. The third-order valence-corrected chi connectivity index (χ3v) is 5.09. The van der Waals surface area contributed by atoms with Gasteiger partial charge in [0.1, 0.15) is 0 Å². The minimum absolute atomic E-state index is 0.0551. The molecule has 2 aromatic carbocycles. The average molecular weight is 432 g/mol. The first-order valence-electron chi connectivity index (χ1n) is 8.93. The van der Waals surface area contributed by atoms with Crippen molar-refractivity contribution >= 4 is 32.9 Å². The summed E-state index contributed by atoms with van der Waals surface area (Å²) in [5.74, 6) is -0.0551. The van der Waals surface area contributed by atoms with E-state index in [1.807, 2.05) is 79.8 Å². The minimum atomic E-state index is -0.0551. The largest absolute Gasteiger partial charge is 0.337 e. The molecule has 0 N–H and O–H groups in total. The van der Waals surface area contributed by atoms with Gasteiger partial charge in [-0.25, -0.2) is 9.97 Å². The van der Waals surface area contributed by atoms with Gasteiger partial charge in [0, 0.05) is 35.2 Å². The number of hydrogen-bond acceptors (Lipinski definition) is 3. The van der Waals surface area contributed by atoms with Crippen molar-refractivity contribution in [2.45, 2.75) is 6.54 Å². The Labute approximate surface area is 172 Å². The summed E-state index contributed by atoms with van der Waals surface area (Å²) in [5.41, 5.74) is 3.95. The Morgan fingerprint density at radius 3 is 2.50 bits per heavy atom. The lowest BCUT2D eigenvalue weighted by molar-refractivity contribution is 0.0787. The summed E-state index contributed by atoms with van der Waals surface area (Å²) in [7, 11) is 1.81. The van der Waals surface area contributed by atoms with Crippen LogP contribution in [0.2, 0.25) is 0 Å². The lowest BCUT2D eigenvalue weighted by Crippen LogP contribution is -2.26. The van der Waals surface area contributed by atoms with E-state index in [9.17, 15) is 4.79 Å². The predicted molar refractivity (Wildman–Crippen MR) is 115 cm³/mol. The number of aromatic nitrogens is 2. The molecular formula is C23H18BrN3O. The van der Waals surface area contributed by atoms with Gasteiger partial charge in [0.2, 0.25) is 0 Å². The second-order valence-electron chi connectivity index (χ2n) is 6.58. The molecular weight excluding hydrogens is 414 g/mol. The van der Waals surface area contributed by atoms with E-state index >= 15 is 0 Å². The predicted octanol–water partition coefficient (Wildman–Crippen LogP) is 5.33. The van der Waals surface area contributed by atoms with Gasteiger partial charge in [0.15, 0.2) is 5.65 Å². The molecule has 0 bridgehead atoms. The highest BCUT2D eigenvalue weighted by atomic mass is 79.9. The number of nitrogens with zero attached hydrogens (tertiary/aromatic N) is 3. The maximum absolute atomic E-state index is 13.3. The summed E-state index contributed by atoms with van der Waals surface area (Å²) in [6.07, 6.45) is 1.70. The molecule has 28 heavy (non-hydrogen) atoms. The summed E-state index contributed by atoms with van der Waals surface area (Å²) in [6, 6.07) is 23.4. The van der Waals surface area contributed by atoms with Gasteiger partial charge < -0.3 is 4.90 Å². The van der Waals surface area contributed by atoms with Crippen molar-refractivity contribution in [1.82, 2.24) is 14.9 Å². The van der Waals surface area contributed by atoms with E-state index in [0.717, 1.165) is 26.7 Å². The fraction of sp³-hybridized carbons (Fsp3) is 0.0870. The fourth-order valence-electron chi connectivity index (χ4n) is 3.13.